The molecule has 1 saturated carbocycles. The van der Waals surface area contributed by atoms with E-state index in [0.717, 1.165) is 44.0 Å². The summed E-state index contributed by atoms with van der Waals surface area (Å²) in [4.78, 5) is 2.33. The molecule has 1 N–H and O–H groups in total. The van der Waals surface area contributed by atoms with Crippen molar-refractivity contribution >= 4 is 0 Å². The number of halogens is 2. The molecule has 2 aromatic rings. The highest BCUT2D eigenvalue weighted by molar-refractivity contribution is 5.42. The summed E-state index contributed by atoms with van der Waals surface area (Å²) in [5.74, 6) is -0.857. The van der Waals surface area contributed by atoms with Gasteiger partial charge in [-0.1, -0.05) is 30.3 Å². The van der Waals surface area contributed by atoms with Crippen LogP contribution in [0.1, 0.15) is 36.3 Å². The molecule has 2 aromatic carbocycles. The second-order valence-corrected chi connectivity index (χ2v) is 7.77. The van der Waals surface area contributed by atoms with Crippen LogP contribution >= 0.6 is 0 Å². The van der Waals surface area contributed by atoms with Gasteiger partial charge in [0.15, 0.2) is 11.6 Å². The van der Waals surface area contributed by atoms with Gasteiger partial charge in [0.25, 0.3) is 0 Å². The standard InChI is InChI=1S/C22H26F2N2O/c1-26-9-7-17(8-10-26)25-21-13-18(21)19-11-16(23)12-20(24)22(19)27-14-15-5-3-2-4-6-15/h2-6,11-12,17-18,21,25H,7-10,13-14H2,1H3. The van der Waals surface area contributed by atoms with Gasteiger partial charge in [-0.25, -0.2) is 8.78 Å². The molecule has 0 spiro atoms. The molecular formula is C22H26F2N2O. The molecule has 2 unspecified atom stereocenters. The van der Waals surface area contributed by atoms with E-state index < -0.39 is 11.6 Å². The van der Waals surface area contributed by atoms with Gasteiger partial charge < -0.3 is 15.0 Å². The van der Waals surface area contributed by atoms with Gasteiger partial charge in [0.1, 0.15) is 12.4 Å². The SMILES string of the molecule is CN1CCC(NC2CC2c2cc(F)cc(F)c2OCc2ccccc2)CC1. The van der Waals surface area contributed by atoms with Crippen molar-refractivity contribution in [3.05, 3.63) is 65.2 Å². The highest BCUT2D eigenvalue weighted by atomic mass is 19.1. The molecule has 4 rings (SSSR count). The van der Waals surface area contributed by atoms with Crippen LogP contribution < -0.4 is 10.1 Å². The minimum absolute atomic E-state index is 0.112. The maximum atomic E-state index is 14.4. The minimum Gasteiger partial charge on any atom is -0.486 e. The molecule has 1 heterocycles. The smallest absolute Gasteiger partial charge is 0.168 e. The van der Waals surface area contributed by atoms with Gasteiger partial charge in [-0.2, -0.15) is 0 Å². The molecule has 3 nitrogen and oxygen atoms in total. The number of hydrogen-bond donors (Lipinski definition) is 1. The van der Waals surface area contributed by atoms with Crippen molar-refractivity contribution in [2.24, 2.45) is 0 Å². The Morgan fingerprint density at radius 1 is 1.11 bits per heavy atom. The lowest BCUT2D eigenvalue weighted by Gasteiger charge is -2.29. The molecule has 0 aromatic heterocycles. The zero-order chi connectivity index (χ0) is 18.8. The fourth-order valence-corrected chi connectivity index (χ4v) is 3.94. The fourth-order valence-electron chi connectivity index (χ4n) is 3.94. The molecule has 0 radical (unpaired) electrons. The molecule has 1 aliphatic heterocycles. The average Bonchev–Trinajstić information content (AvgIpc) is 3.42. The predicted octanol–water partition coefficient (Wildman–Crippen LogP) is 4.08. The minimum atomic E-state index is -0.620. The number of benzene rings is 2. The molecule has 0 amide bonds. The van der Waals surface area contributed by atoms with Gasteiger partial charge in [0.2, 0.25) is 0 Å². The molecule has 1 saturated heterocycles. The molecular weight excluding hydrogens is 346 g/mol. The first-order chi connectivity index (χ1) is 13.1. The summed E-state index contributed by atoms with van der Waals surface area (Å²) in [7, 11) is 2.14. The topological polar surface area (TPSA) is 24.5 Å². The van der Waals surface area contributed by atoms with E-state index in [4.69, 9.17) is 4.74 Å². The largest absolute Gasteiger partial charge is 0.486 e. The number of hydrogen-bond acceptors (Lipinski definition) is 3. The van der Waals surface area contributed by atoms with E-state index in [1.807, 2.05) is 30.3 Å². The first kappa shape index (κ1) is 18.4. The molecule has 1 aliphatic carbocycles. The number of likely N-dealkylation sites (tertiary alicyclic amines) is 1. The second kappa shape index (κ2) is 7.95. The summed E-state index contributed by atoms with van der Waals surface area (Å²) in [5, 5.41) is 3.67. The lowest BCUT2D eigenvalue weighted by Crippen LogP contribution is -2.42. The predicted molar refractivity (Wildman–Crippen MR) is 102 cm³/mol. The van der Waals surface area contributed by atoms with Gasteiger partial charge >= 0.3 is 0 Å². The third-order valence-electron chi connectivity index (χ3n) is 5.62. The van der Waals surface area contributed by atoms with Crippen LogP contribution in [0.25, 0.3) is 0 Å². The maximum Gasteiger partial charge on any atom is 0.168 e. The lowest BCUT2D eigenvalue weighted by atomic mass is 10.0. The quantitative estimate of drug-likeness (QED) is 0.827. The summed E-state index contributed by atoms with van der Waals surface area (Å²) in [6.45, 7) is 2.46. The Kier molecular flexibility index (Phi) is 5.41. The van der Waals surface area contributed by atoms with E-state index in [0.29, 0.717) is 11.6 Å². The zero-order valence-electron chi connectivity index (χ0n) is 15.6. The van der Waals surface area contributed by atoms with E-state index >= 15 is 0 Å². The van der Waals surface area contributed by atoms with E-state index in [2.05, 4.69) is 17.3 Å². The third-order valence-corrected chi connectivity index (χ3v) is 5.62. The van der Waals surface area contributed by atoms with Gasteiger partial charge in [-0.05, 0) is 51.0 Å². The number of nitrogens with zero attached hydrogens (tertiary/aromatic N) is 1. The van der Waals surface area contributed by atoms with Crippen molar-refractivity contribution in [3.8, 4) is 5.75 Å². The van der Waals surface area contributed by atoms with Gasteiger partial charge in [0.05, 0.1) is 0 Å². The van der Waals surface area contributed by atoms with Crippen LogP contribution in [0, 0.1) is 11.6 Å². The van der Waals surface area contributed by atoms with Gasteiger partial charge in [0, 0.05) is 29.6 Å². The van der Waals surface area contributed by atoms with Crippen molar-refractivity contribution in [2.45, 2.75) is 43.9 Å². The summed E-state index contributed by atoms with van der Waals surface area (Å²) < 4.78 is 34.1. The van der Waals surface area contributed by atoms with E-state index in [1.165, 1.54) is 6.07 Å². The zero-order valence-corrected chi connectivity index (χ0v) is 15.6. The maximum absolute atomic E-state index is 14.4. The van der Waals surface area contributed by atoms with Crippen LogP contribution in [0.5, 0.6) is 5.75 Å². The Hall–Kier alpha value is -1.98. The Labute approximate surface area is 159 Å². The number of rotatable bonds is 6. The molecule has 27 heavy (non-hydrogen) atoms. The van der Waals surface area contributed by atoms with Crippen molar-refractivity contribution < 1.29 is 13.5 Å². The normalized spacial score (nSPS) is 23.4. The fraction of sp³-hybridized carbons (Fsp3) is 0.455. The van der Waals surface area contributed by atoms with E-state index in [9.17, 15) is 8.78 Å². The Morgan fingerprint density at radius 2 is 1.85 bits per heavy atom. The van der Waals surface area contributed by atoms with Crippen LogP contribution in [0.15, 0.2) is 42.5 Å². The Bertz CT molecular complexity index is 775. The third kappa shape index (κ3) is 4.47. The van der Waals surface area contributed by atoms with Crippen molar-refractivity contribution in [1.29, 1.82) is 0 Å². The summed E-state index contributed by atoms with van der Waals surface area (Å²) in [6, 6.07) is 12.7. The number of ether oxygens (including phenoxy) is 1. The molecule has 2 fully saturated rings. The highest BCUT2D eigenvalue weighted by Crippen LogP contribution is 2.46. The molecule has 2 aliphatic rings. The van der Waals surface area contributed by atoms with Crippen LogP contribution in [0.4, 0.5) is 8.78 Å². The van der Waals surface area contributed by atoms with Crippen LogP contribution in [0.3, 0.4) is 0 Å². The molecule has 0 bridgehead atoms. The van der Waals surface area contributed by atoms with Crippen LogP contribution in [-0.4, -0.2) is 37.1 Å². The van der Waals surface area contributed by atoms with Crippen molar-refractivity contribution in [3.63, 3.8) is 0 Å². The average molecular weight is 372 g/mol. The van der Waals surface area contributed by atoms with Crippen molar-refractivity contribution in [1.82, 2.24) is 10.2 Å². The monoisotopic (exact) mass is 372 g/mol. The highest BCUT2D eigenvalue weighted by Gasteiger charge is 2.42. The van der Waals surface area contributed by atoms with Gasteiger partial charge in [-0.15, -0.1) is 0 Å². The molecule has 5 heteroatoms. The summed E-state index contributed by atoms with van der Waals surface area (Å²) in [6.07, 6.45) is 3.14. The van der Waals surface area contributed by atoms with E-state index in [-0.39, 0.29) is 24.3 Å². The first-order valence-corrected chi connectivity index (χ1v) is 9.70. The van der Waals surface area contributed by atoms with E-state index in [1.54, 1.807) is 0 Å². The van der Waals surface area contributed by atoms with Gasteiger partial charge in [-0.3, -0.25) is 0 Å². The summed E-state index contributed by atoms with van der Waals surface area (Å²) in [5.41, 5.74) is 1.61. The first-order valence-electron chi connectivity index (χ1n) is 9.70. The Balaban J connectivity index is 1.44. The Morgan fingerprint density at radius 3 is 2.59 bits per heavy atom. The van der Waals surface area contributed by atoms with Crippen LogP contribution in [0.2, 0.25) is 0 Å². The number of piperidine rings is 1. The lowest BCUT2D eigenvalue weighted by molar-refractivity contribution is 0.233. The molecule has 2 atom stereocenters. The second-order valence-electron chi connectivity index (χ2n) is 7.77. The summed E-state index contributed by atoms with van der Waals surface area (Å²) >= 11 is 0. The number of nitrogens with one attached hydrogen (secondary N) is 1. The van der Waals surface area contributed by atoms with Crippen molar-refractivity contribution in [2.75, 3.05) is 20.1 Å². The van der Waals surface area contributed by atoms with Crippen LogP contribution in [-0.2, 0) is 6.61 Å². The molecule has 144 valence electrons.